The van der Waals surface area contributed by atoms with Gasteiger partial charge in [0.2, 0.25) is 5.91 Å². The number of nitrogens with one attached hydrogen (secondary N) is 1. The minimum Gasteiger partial charge on any atom is -0.497 e. The van der Waals surface area contributed by atoms with E-state index in [2.05, 4.69) is 5.32 Å². The van der Waals surface area contributed by atoms with Gasteiger partial charge in [0, 0.05) is 29.5 Å². The van der Waals surface area contributed by atoms with Crippen LogP contribution >= 0.6 is 0 Å². The highest BCUT2D eigenvalue weighted by atomic mass is 16.5. The highest BCUT2D eigenvalue weighted by molar-refractivity contribution is 5.90. The zero-order chi connectivity index (χ0) is 26.0. The molecular formula is C28H33N3O5. The number of methoxy groups -OCH3 is 1. The number of hydrogen-bond donors (Lipinski definition) is 2. The molecular weight excluding hydrogens is 458 g/mol. The van der Waals surface area contributed by atoms with E-state index in [1.807, 2.05) is 75.4 Å². The van der Waals surface area contributed by atoms with E-state index in [-0.39, 0.29) is 24.3 Å². The Kier molecular flexibility index (Phi) is 7.17. The second-order valence-corrected chi connectivity index (χ2v) is 10.2. The summed E-state index contributed by atoms with van der Waals surface area (Å²) in [7, 11) is 3.32. The van der Waals surface area contributed by atoms with Gasteiger partial charge in [0.1, 0.15) is 23.6 Å². The van der Waals surface area contributed by atoms with E-state index in [0.717, 1.165) is 16.6 Å². The molecule has 2 aromatic carbocycles. The number of fused-ring (bicyclic) bond motifs is 1. The number of hydrogen-bond acceptors (Lipinski definition) is 6. The van der Waals surface area contributed by atoms with E-state index in [0.29, 0.717) is 17.0 Å². The van der Waals surface area contributed by atoms with Crippen LogP contribution in [0.25, 0.3) is 22.2 Å². The Labute approximate surface area is 211 Å². The van der Waals surface area contributed by atoms with E-state index < -0.39 is 24.2 Å². The van der Waals surface area contributed by atoms with Gasteiger partial charge in [0.15, 0.2) is 0 Å². The largest absolute Gasteiger partial charge is 0.497 e. The first-order chi connectivity index (χ1) is 17.1. The van der Waals surface area contributed by atoms with Gasteiger partial charge >= 0.3 is 5.97 Å². The van der Waals surface area contributed by atoms with Crippen molar-refractivity contribution in [3.8, 4) is 22.8 Å². The summed E-state index contributed by atoms with van der Waals surface area (Å²) in [5, 5.41) is 13.7. The zero-order valence-electron chi connectivity index (χ0n) is 21.3. The number of carbonyl (C=O) groups excluding carboxylic acids is 1. The molecule has 1 amide bonds. The normalized spacial score (nSPS) is 18.8. The van der Waals surface area contributed by atoms with Crippen molar-refractivity contribution < 1.29 is 24.2 Å². The van der Waals surface area contributed by atoms with Crippen molar-refractivity contribution in [1.29, 1.82) is 0 Å². The molecule has 1 saturated heterocycles. The van der Waals surface area contributed by atoms with Crippen molar-refractivity contribution in [2.24, 2.45) is 5.41 Å². The first-order valence-electron chi connectivity index (χ1n) is 12.0. The monoisotopic (exact) mass is 491 g/mol. The van der Waals surface area contributed by atoms with Crippen LogP contribution in [0.2, 0.25) is 0 Å². The molecule has 1 aromatic heterocycles. The number of amides is 1. The fourth-order valence-corrected chi connectivity index (χ4v) is 4.79. The van der Waals surface area contributed by atoms with Gasteiger partial charge in [-0.15, -0.1) is 0 Å². The molecule has 0 saturated carbocycles. The van der Waals surface area contributed by atoms with Crippen LogP contribution in [0.3, 0.4) is 0 Å². The predicted octanol–water partition coefficient (Wildman–Crippen LogP) is 3.98. The number of likely N-dealkylation sites (N-methyl/N-ethyl adjacent to an activating group) is 1. The van der Waals surface area contributed by atoms with Crippen LogP contribution in [0.15, 0.2) is 54.6 Å². The molecule has 3 aromatic rings. The van der Waals surface area contributed by atoms with Gasteiger partial charge in [-0.2, -0.15) is 0 Å². The van der Waals surface area contributed by atoms with E-state index >= 15 is 0 Å². The summed E-state index contributed by atoms with van der Waals surface area (Å²) in [4.78, 5) is 31.7. The second-order valence-electron chi connectivity index (χ2n) is 10.2. The second kappa shape index (κ2) is 10.1. The molecule has 1 unspecified atom stereocenters. The fourth-order valence-electron chi connectivity index (χ4n) is 4.79. The van der Waals surface area contributed by atoms with E-state index in [9.17, 15) is 14.7 Å². The van der Waals surface area contributed by atoms with Gasteiger partial charge < -0.3 is 24.8 Å². The summed E-state index contributed by atoms with van der Waals surface area (Å²) in [5.74, 6) is -0.00809. The molecule has 3 atom stereocenters. The number of carboxylic acids is 1. The van der Waals surface area contributed by atoms with Gasteiger partial charge in [-0.3, -0.25) is 4.79 Å². The molecule has 0 aliphatic carbocycles. The zero-order valence-corrected chi connectivity index (χ0v) is 21.3. The third kappa shape index (κ3) is 5.14. The lowest BCUT2D eigenvalue weighted by atomic mass is 9.86. The number of rotatable bonds is 7. The SMILES string of the molecule is CNC(C(=O)N1C[C@H](Oc2cc(-c3ccccc3)nc3cc(OC)ccc23)C[C@H]1C(=O)O)C(C)(C)C. The highest BCUT2D eigenvalue weighted by Crippen LogP contribution is 2.35. The smallest absolute Gasteiger partial charge is 0.326 e. The first kappa shape index (κ1) is 25.4. The molecule has 190 valence electrons. The molecule has 1 aliphatic rings. The average Bonchev–Trinajstić information content (AvgIpc) is 3.28. The van der Waals surface area contributed by atoms with Gasteiger partial charge in [-0.05, 0) is 24.6 Å². The number of benzene rings is 2. The fraction of sp³-hybridized carbons (Fsp3) is 0.393. The number of aromatic nitrogens is 1. The molecule has 1 fully saturated rings. The number of nitrogens with zero attached hydrogens (tertiary/aromatic N) is 2. The summed E-state index contributed by atoms with van der Waals surface area (Å²) in [6, 6.07) is 15.7. The molecule has 2 heterocycles. The van der Waals surface area contributed by atoms with Crippen molar-refractivity contribution in [2.75, 3.05) is 20.7 Å². The number of likely N-dealkylation sites (tertiary alicyclic amines) is 1. The van der Waals surface area contributed by atoms with Gasteiger partial charge in [-0.25, -0.2) is 9.78 Å². The summed E-state index contributed by atoms with van der Waals surface area (Å²) < 4.78 is 11.8. The average molecular weight is 492 g/mol. The van der Waals surface area contributed by atoms with Crippen molar-refractivity contribution in [3.05, 3.63) is 54.6 Å². The Morgan fingerprint density at radius 1 is 1.14 bits per heavy atom. The Morgan fingerprint density at radius 3 is 2.47 bits per heavy atom. The van der Waals surface area contributed by atoms with Gasteiger partial charge in [-0.1, -0.05) is 51.1 Å². The maximum atomic E-state index is 13.4. The van der Waals surface area contributed by atoms with Crippen LogP contribution in [0.1, 0.15) is 27.2 Å². The summed E-state index contributed by atoms with van der Waals surface area (Å²) in [6.07, 6.45) is -0.286. The third-order valence-electron chi connectivity index (χ3n) is 6.57. The van der Waals surface area contributed by atoms with Crippen molar-refractivity contribution in [1.82, 2.24) is 15.2 Å². The molecule has 2 N–H and O–H groups in total. The summed E-state index contributed by atoms with van der Waals surface area (Å²) in [6.45, 7) is 6.04. The highest BCUT2D eigenvalue weighted by Gasteiger charge is 2.45. The molecule has 0 spiro atoms. The molecule has 8 nitrogen and oxygen atoms in total. The molecule has 0 bridgehead atoms. The molecule has 1 aliphatic heterocycles. The number of carboxylic acid groups (broad SMARTS) is 1. The number of pyridine rings is 1. The topological polar surface area (TPSA) is 101 Å². The minimum absolute atomic E-state index is 0.185. The quantitative estimate of drug-likeness (QED) is 0.516. The standard InChI is InChI=1S/C28H33N3O5/c1-28(2,3)25(29-4)26(32)31-16-19(14-23(31)27(33)34)36-24-15-21(17-9-7-6-8-10-17)30-22-13-18(35-5)11-12-20(22)24/h6-13,15,19,23,25,29H,14,16H2,1-5H3,(H,33,34)/t19-,23+,25?/m1/s1. The minimum atomic E-state index is -1.03. The summed E-state index contributed by atoms with van der Waals surface area (Å²) in [5.41, 5.74) is 1.99. The van der Waals surface area contributed by atoms with Crippen LogP contribution in [0, 0.1) is 5.41 Å². The van der Waals surface area contributed by atoms with Crippen LogP contribution in [0.4, 0.5) is 0 Å². The van der Waals surface area contributed by atoms with Crippen LogP contribution in [-0.4, -0.2) is 65.8 Å². The van der Waals surface area contributed by atoms with Crippen molar-refractivity contribution in [3.63, 3.8) is 0 Å². The third-order valence-corrected chi connectivity index (χ3v) is 6.57. The van der Waals surface area contributed by atoms with Crippen molar-refractivity contribution >= 4 is 22.8 Å². The lowest BCUT2D eigenvalue weighted by Crippen LogP contribution is -2.54. The summed E-state index contributed by atoms with van der Waals surface area (Å²) >= 11 is 0. The molecule has 4 rings (SSSR count). The number of aliphatic carboxylic acids is 1. The lowest BCUT2D eigenvalue weighted by molar-refractivity contribution is -0.150. The maximum absolute atomic E-state index is 13.4. The number of carbonyl (C=O) groups is 2. The Bertz CT molecular complexity index is 1260. The van der Waals surface area contributed by atoms with Crippen LogP contribution in [0.5, 0.6) is 11.5 Å². The van der Waals surface area contributed by atoms with Gasteiger partial charge in [0.25, 0.3) is 0 Å². The maximum Gasteiger partial charge on any atom is 0.326 e. The first-order valence-corrected chi connectivity index (χ1v) is 12.0. The van der Waals surface area contributed by atoms with Crippen LogP contribution < -0.4 is 14.8 Å². The Balaban J connectivity index is 1.69. The molecule has 0 radical (unpaired) electrons. The van der Waals surface area contributed by atoms with E-state index in [4.69, 9.17) is 14.5 Å². The Morgan fingerprint density at radius 2 is 1.86 bits per heavy atom. The van der Waals surface area contributed by atoms with Gasteiger partial charge in [0.05, 0.1) is 30.9 Å². The molecule has 36 heavy (non-hydrogen) atoms. The predicted molar refractivity (Wildman–Crippen MR) is 138 cm³/mol. The Hall–Kier alpha value is -3.65. The molecule has 8 heteroatoms. The van der Waals surface area contributed by atoms with E-state index in [1.165, 1.54) is 4.90 Å². The van der Waals surface area contributed by atoms with E-state index in [1.54, 1.807) is 14.2 Å². The lowest BCUT2D eigenvalue weighted by Gasteiger charge is -2.34. The van der Waals surface area contributed by atoms with Crippen molar-refractivity contribution in [2.45, 2.75) is 45.4 Å². The number of ether oxygens (including phenoxy) is 2. The van der Waals surface area contributed by atoms with Crippen LogP contribution in [-0.2, 0) is 9.59 Å².